The fraction of sp³-hybridized carbons (Fsp3) is 0.520. The van der Waals surface area contributed by atoms with E-state index >= 15 is 0 Å². The predicted octanol–water partition coefficient (Wildman–Crippen LogP) is 4.51. The highest BCUT2D eigenvalue weighted by molar-refractivity contribution is 6.30. The van der Waals surface area contributed by atoms with Gasteiger partial charge in [0.2, 0.25) is 0 Å². The Bertz CT molecular complexity index is 1230. The van der Waals surface area contributed by atoms with Crippen molar-refractivity contribution in [3.8, 4) is 5.82 Å². The van der Waals surface area contributed by atoms with Crippen LogP contribution in [0.15, 0.2) is 30.9 Å². The van der Waals surface area contributed by atoms with Crippen LogP contribution in [0.4, 0.5) is 16.3 Å². The third-order valence-electron chi connectivity index (χ3n) is 6.50. The molecule has 0 bridgehead atoms. The van der Waals surface area contributed by atoms with Crippen LogP contribution in [-0.4, -0.2) is 74.9 Å². The van der Waals surface area contributed by atoms with E-state index in [1.165, 1.54) is 0 Å². The van der Waals surface area contributed by atoms with E-state index < -0.39 is 5.60 Å². The summed E-state index contributed by atoms with van der Waals surface area (Å²) in [6, 6.07) is 3.68. The molecule has 186 valence electrons. The summed E-state index contributed by atoms with van der Waals surface area (Å²) in [5.74, 6) is 1.61. The summed E-state index contributed by atoms with van der Waals surface area (Å²) in [5.41, 5.74) is 1.39. The van der Waals surface area contributed by atoms with E-state index in [4.69, 9.17) is 21.3 Å². The summed E-state index contributed by atoms with van der Waals surface area (Å²) in [4.78, 5) is 33.1. The van der Waals surface area contributed by atoms with E-state index in [1.54, 1.807) is 23.5 Å². The van der Waals surface area contributed by atoms with E-state index in [9.17, 15) is 4.79 Å². The number of halogens is 1. The number of carbonyl (C=O) groups is 1. The number of hydrogen-bond donors (Lipinski definition) is 0. The monoisotopic (exact) mass is 497 g/mol. The molecule has 10 heteroatoms. The molecular weight excluding hydrogens is 466 g/mol. The topological polar surface area (TPSA) is 79.6 Å². The predicted molar refractivity (Wildman–Crippen MR) is 138 cm³/mol. The maximum Gasteiger partial charge on any atom is 0.410 e. The zero-order valence-corrected chi connectivity index (χ0v) is 21.5. The molecular formula is C25H32ClN7O2. The first kappa shape index (κ1) is 23.7. The van der Waals surface area contributed by atoms with Crippen LogP contribution in [0.3, 0.4) is 0 Å². The van der Waals surface area contributed by atoms with Gasteiger partial charge in [0.15, 0.2) is 5.65 Å². The summed E-state index contributed by atoms with van der Waals surface area (Å²) in [6.45, 7) is 11.6. The Kier molecular flexibility index (Phi) is 6.21. The number of hydrogen-bond acceptors (Lipinski definition) is 7. The van der Waals surface area contributed by atoms with Crippen LogP contribution >= 0.6 is 11.6 Å². The molecule has 0 aliphatic carbocycles. The summed E-state index contributed by atoms with van der Waals surface area (Å²) in [7, 11) is 0. The number of nitrogens with zero attached hydrogens (tertiary/aromatic N) is 7. The Labute approximate surface area is 210 Å². The van der Waals surface area contributed by atoms with Crippen LogP contribution in [0.2, 0.25) is 5.02 Å². The molecule has 1 amide bonds. The highest BCUT2D eigenvalue weighted by atomic mass is 35.5. The zero-order chi connectivity index (χ0) is 24.7. The van der Waals surface area contributed by atoms with Gasteiger partial charge in [0.1, 0.15) is 23.6 Å². The number of fused-ring (bicyclic) bond motifs is 1. The van der Waals surface area contributed by atoms with E-state index in [0.29, 0.717) is 24.7 Å². The average Bonchev–Trinajstić information content (AvgIpc) is 3.46. The summed E-state index contributed by atoms with van der Waals surface area (Å²) in [6.07, 6.45) is 7.48. The van der Waals surface area contributed by atoms with Gasteiger partial charge in [-0.2, -0.15) is 0 Å². The normalized spacial score (nSPS) is 19.0. The minimum absolute atomic E-state index is 0.0634. The standard InChI is InChI=1S/C25H32ClN7O2/c1-17-14-31(24(34)35-25(2,3)4)11-12-32(17)22-21-19(30-9-5-6-10-30)15-33(23(21)29-16-28-22)20-13-18(26)7-8-27-20/h7-8,13,15-17H,5-6,9-12,14H2,1-4H3/t17-/m0/s1. The first-order valence-corrected chi connectivity index (χ1v) is 12.6. The molecule has 0 unspecified atom stereocenters. The lowest BCUT2D eigenvalue weighted by Crippen LogP contribution is -2.54. The molecule has 9 nitrogen and oxygen atoms in total. The molecule has 3 aromatic rings. The van der Waals surface area contributed by atoms with Gasteiger partial charge in [-0.15, -0.1) is 0 Å². The number of amides is 1. The van der Waals surface area contributed by atoms with Gasteiger partial charge < -0.3 is 19.4 Å². The fourth-order valence-electron chi connectivity index (χ4n) is 4.91. The molecule has 5 rings (SSSR count). The molecule has 0 radical (unpaired) electrons. The van der Waals surface area contributed by atoms with Gasteiger partial charge >= 0.3 is 6.09 Å². The first-order chi connectivity index (χ1) is 16.7. The second-order valence-corrected chi connectivity index (χ2v) is 10.7. The first-order valence-electron chi connectivity index (χ1n) is 12.2. The van der Waals surface area contributed by atoms with Crippen LogP contribution in [0.25, 0.3) is 16.9 Å². The molecule has 0 N–H and O–H groups in total. The lowest BCUT2D eigenvalue weighted by atomic mass is 10.1. The molecule has 2 aliphatic rings. The Hall–Kier alpha value is -3.07. The van der Waals surface area contributed by atoms with Crippen LogP contribution in [0.1, 0.15) is 40.5 Å². The Morgan fingerprint density at radius 1 is 1.11 bits per heavy atom. The van der Waals surface area contributed by atoms with Crippen molar-refractivity contribution in [2.75, 3.05) is 42.5 Å². The molecule has 3 aromatic heterocycles. The molecule has 1 atom stereocenters. The number of pyridine rings is 1. The average molecular weight is 498 g/mol. The van der Waals surface area contributed by atoms with Crippen LogP contribution < -0.4 is 9.80 Å². The zero-order valence-electron chi connectivity index (χ0n) is 20.7. The van der Waals surface area contributed by atoms with Gasteiger partial charge in [0.05, 0.1) is 11.1 Å². The van der Waals surface area contributed by atoms with Gasteiger partial charge in [-0.05, 0) is 46.6 Å². The molecule has 5 heterocycles. The van der Waals surface area contributed by atoms with Crippen LogP contribution in [0, 0.1) is 0 Å². The smallest absolute Gasteiger partial charge is 0.410 e. The van der Waals surface area contributed by atoms with Crippen molar-refractivity contribution < 1.29 is 9.53 Å². The third kappa shape index (κ3) is 4.74. The highest BCUT2D eigenvalue weighted by Gasteiger charge is 2.33. The van der Waals surface area contributed by atoms with Crippen molar-refractivity contribution in [3.05, 3.63) is 35.9 Å². The van der Waals surface area contributed by atoms with Crippen molar-refractivity contribution in [2.24, 2.45) is 0 Å². The SMILES string of the molecule is C[C@H]1CN(C(=O)OC(C)(C)C)CCN1c1ncnc2c1c(N1CCCC1)cn2-c1cc(Cl)ccn1. The maximum atomic E-state index is 12.7. The number of aromatic nitrogens is 4. The lowest BCUT2D eigenvalue weighted by molar-refractivity contribution is 0.0218. The largest absolute Gasteiger partial charge is 0.444 e. The van der Waals surface area contributed by atoms with Gasteiger partial charge in [0.25, 0.3) is 0 Å². The van der Waals surface area contributed by atoms with Gasteiger partial charge in [-0.3, -0.25) is 4.57 Å². The number of piperazine rings is 1. The lowest BCUT2D eigenvalue weighted by Gasteiger charge is -2.41. The number of carbonyl (C=O) groups excluding carboxylic acids is 1. The fourth-order valence-corrected chi connectivity index (χ4v) is 5.06. The van der Waals surface area contributed by atoms with Crippen molar-refractivity contribution in [1.29, 1.82) is 0 Å². The van der Waals surface area contributed by atoms with Gasteiger partial charge in [-0.25, -0.2) is 19.7 Å². The Balaban J connectivity index is 1.53. The summed E-state index contributed by atoms with van der Waals surface area (Å²) in [5, 5.41) is 1.63. The van der Waals surface area contributed by atoms with Crippen LogP contribution in [-0.2, 0) is 4.74 Å². The maximum absolute atomic E-state index is 12.7. The van der Waals surface area contributed by atoms with E-state index in [1.807, 2.05) is 31.4 Å². The Morgan fingerprint density at radius 3 is 2.57 bits per heavy atom. The minimum atomic E-state index is -0.516. The molecule has 0 aromatic carbocycles. The third-order valence-corrected chi connectivity index (χ3v) is 6.73. The molecule has 2 fully saturated rings. The number of ether oxygens (including phenoxy) is 1. The van der Waals surface area contributed by atoms with Crippen LogP contribution in [0.5, 0.6) is 0 Å². The molecule has 0 saturated carbocycles. The van der Waals surface area contributed by atoms with Crippen molar-refractivity contribution >= 4 is 40.2 Å². The second-order valence-electron chi connectivity index (χ2n) is 10.3. The van der Waals surface area contributed by atoms with E-state index in [-0.39, 0.29) is 12.1 Å². The summed E-state index contributed by atoms with van der Waals surface area (Å²) < 4.78 is 7.60. The van der Waals surface area contributed by atoms with Crippen molar-refractivity contribution in [3.63, 3.8) is 0 Å². The van der Waals surface area contributed by atoms with Crippen molar-refractivity contribution in [2.45, 2.75) is 52.2 Å². The molecule has 2 aliphatic heterocycles. The number of rotatable bonds is 3. The quantitative estimate of drug-likeness (QED) is 0.526. The Morgan fingerprint density at radius 2 is 1.89 bits per heavy atom. The minimum Gasteiger partial charge on any atom is -0.444 e. The van der Waals surface area contributed by atoms with E-state index in [2.05, 4.69) is 32.9 Å². The summed E-state index contributed by atoms with van der Waals surface area (Å²) >= 11 is 6.28. The molecule has 0 spiro atoms. The van der Waals surface area contributed by atoms with Gasteiger partial charge in [0, 0.05) is 62.2 Å². The molecule has 2 saturated heterocycles. The second kappa shape index (κ2) is 9.18. The molecule has 35 heavy (non-hydrogen) atoms. The van der Waals surface area contributed by atoms with Crippen molar-refractivity contribution in [1.82, 2.24) is 24.4 Å². The highest BCUT2D eigenvalue weighted by Crippen LogP contribution is 2.38. The van der Waals surface area contributed by atoms with Gasteiger partial charge in [-0.1, -0.05) is 11.6 Å². The number of anilines is 2. The van der Waals surface area contributed by atoms with E-state index in [0.717, 1.165) is 54.3 Å².